The number of nitrogens with one attached hydrogen (secondary N) is 4. The molecule has 0 rings (SSSR count). The second-order valence-electron chi connectivity index (χ2n) is 9.40. The standard InChI is InChI=1S/C21H40N8O5/c1-20(2,3)34-19(33)28-14(9-7-11-26-18(24)25)16(31)29-21(4,5)17(32)27-13(12-30)8-6-10-15(22)23/h12-14H,6-11H2,1-5H3,(H3,22,23)(H,27,32)(H,28,33)(H,29,31)(H4,24,25,26)/t13-,14+/m0/s1. The van der Waals surface area contributed by atoms with Crippen LogP contribution in [0.1, 0.15) is 66.7 Å². The quantitative estimate of drug-likeness (QED) is 0.0741. The first kappa shape index (κ1) is 30.6. The molecule has 194 valence electrons. The SMILES string of the molecule is CC(C)(C)OC(=O)N[C@H](CCCN=C(N)N)C(=O)NC(C)(C)C(=O)N[C@H](C=O)CCCC(=N)N. The number of amidine groups is 1. The molecule has 3 amide bonds. The van der Waals surface area contributed by atoms with Crippen LogP contribution in [0.25, 0.3) is 0 Å². The monoisotopic (exact) mass is 484 g/mol. The van der Waals surface area contributed by atoms with E-state index in [1.165, 1.54) is 13.8 Å². The number of ether oxygens (including phenoxy) is 1. The molecule has 0 heterocycles. The van der Waals surface area contributed by atoms with E-state index in [0.717, 1.165) is 0 Å². The zero-order chi connectivity index (χ0) is 26.5. The molecule has 0 bridgehead atoms. The Morgan fingerprint density at radius 3 is 2.15 bits per heavy atom. The van der Waals surface area contributed by atoms with Crippen molar-refractivity contribution in [2.75, 3.05) is 6.54 Å². The summed E-state index contributed by atoms with van der Waals surface area (Å²) in [7, 11) is 0. The van der Waals surface area contributed by atoms with Crippen molar-refractivity contribution in [3.63, 3.8) is 0 Å². The van der Waals surface area contributed by atoms with E-state index in [1.807, 2.05) is 0 Å². The van der Waals surface area contributed by atoms with Crippen LogP contribution in [0.15, 0.2) is 4.99 Å². The molecule has 0 aromatic rings. The molecule has 0 saturated heterocycles. The van der Waals surface area contributed by atoms with Gasteiger partial charge in [-0.2, -0.15) is 0 Å². The molecule has 0 aliphatic heterocycles. The van der Waals surface area contributed by atoms with Crippen molar-refractivity contribution >= 4 is 36.0 Å². The third-order valence-electron chi connectivity index (χ3n) is 4.40. The van der Waals surface area contributed by atoms with Gasteiger partial charge in [-0.25, -0.2) is 4.79 Å². The Hall–Kier alpha value is -3.38. The number of carbonyl (C=O) groups is 4. The number of hydrogen-bond donors (Lipinski definition) is 7. The fourth-order valence-corrected chi connectivity index (χ4v) is 2.71. The van der Waals surface area contributed by atoms with Crippen LogP contribution in [0.4, 0.5) is 4.79 Å². The Labute approximate surface area is 200 Å². The van der Waals surface area contributed by atoms with Crippen LogP contribution < -0.4 is 33.2 Å². The predicted molar refractivity (Wildman–Crippen MR) is 129 cm³/mol. The minimum absolute atomic E-state index is 0.00747. The molecule has 0 radical (unpaired) electrons. The third kappa shape index (κ3) is 13.9. The van der Waals surface area contributed by atoms with Gasteiger partial charge in [-0.05, 0) is 60.3 Å². The number of nitrogens with zero attached hydrogens (tertiary/aromatic N) is 1. The van der Waals surface area contributed by atoms with E-state index in [1.54, 1.807) is 20.8 Å². The highest BCUT2D eigenvalue weighted by atomic mass is 16.6. The minimum atomic E-state index is -1.40. The first-order valence-corrected chi connectivity index (χ1v) is 11.0. The lowest BCUT2D eigenvalue weighted by atomic mass is 10.0. The average molecular weight is 485 g/mol. The van der Waals surface area contributed by atoms with Crippen LogP contribution in [0.5, 0.6) is 0 Å². The molecule has 34 heavy (non-hydrogen) atoms. The maximum atomic E-state index is 12.9. The maximum absolute atomic E-state index is 12.9. The Bertz CT molecular complexity index is 757. The van der Waals surface area contributed by atoms with Gasteiger partial charge in [0.05, 0.1) is 11.9 Å². The fraction of sp³-hybridized carbons (Fsp3) is 0.714. The molecule has 2 atom stereocenters. The number of guanidine groups is 1. The molecule has 0 aromatic heterocycles. The van der Waals surface area contributed by atoms with Crippen LogP contribution in [-0.2, 0) is 19.1 Å². The van der Waals surface area contributed by atoms with E-state index >= 15 is 0 Å². The number of rotatable bonds is 14. The summed E-state index contributed by atoms with van der Waals surface area (Å²) in [5, 5.41) is 14.9. The van der Waals surface area contributed by atoms with Gasteiger partial charge in [-0.15, -0.1) is 0 Å². The summed E-state index contributed by atoms with van der Waals surface area (Å²) < 4.78 is 5.22. The number of carbonyl (C=O) groups excluding carboxylic acids is 4. The van der Waals surface area contributed by atoms with Crippen LogP contribution in [0, 0.1) is 5.41 Å². The summed E-state index contributed by atoms with van der Waals surface area (Å²) in [6.07, 6.45) is 1.41. The Balaban J connectivity index is 5.22. The number of amides is 3. The summed E-state index contributed by atoms with van der Waals surface area (Å²) in [6, 6.07) is -1.81. The molecular formula is C21H40N8O5. The van der Waals surface area contributed by atoms with E-state index in [0.29, 0.717) is 32.0 Å². The Morgan fingerprint density at radius 1 is 1.03 bits per heavy atom. The lowest BCUT2D eigenvalue weighted by Gasteiger charge is -2.29. The largest absolute Gasteiger partial charge is 0.444 e. The molecule has 13 heteroatoms. The molecule has 0 spiro atoms. The highest BCUT2D eigenvalue weighted by molar-refractivity contribution is 5.94. The molecular weight excluding hydrogens is 444 g/mol. The Morgan fingerprint density at radius 2 is 1.65 bits per heavy atom. The molecule has 0 aromatic carbocycles. The highest BCUT2D eigenvalue weighted by Gasteiger charge is 2.34. The number of aliphatic imine (C=N–C) groups is 1. The fourth-order valence-electron chi connectivity index (χ4n) is 2.71. The topological polar surface area (TPSA) is 228 Å². The number of alkyl carbamates (subject to hydrolysis) is 1. The van der Waals surface area contributed by atoms with Crippen molar-refractivity contribution in [1.82, 2.24) is 16.0 Å². The Kier molecular flexibility index (Phi) is 12.6. The molecule has 0 aliphatic rings. The normalized spacial score (nSPS) is 13.1. The molecule has 0 fully saturated rings. The summed E-state index contributed by atoms with van der Waals surface area (Å²) in [6.45, 7) is 8.26. The van der Waals surface area contributed by atoms with Gasteiger partial charge in [0.15, 0.2) is 5.96 Å². The minimum Gasteiger partial charge on any atom is -0.444 e. The van der Waals surface area contributed by atoms with Crippen LogP contribution in [0.3, 0.4) is 0 Å². The molecule has 10 N–H and O–H groups in total. The smallest absolute Gasteiger partial charge is 0.408 e. The van der Waals surface area contributed by atoms with Gasteiger partial charge in [0.1, 0.15) is 23.5 Å². The van der Waals surface area contributed by atoms with E-state index in [4.69, 9.17) is 27.3 Å². The van der Waals surface area contributed by atoms with Gasteiger partial charge in [-0.1, -0.05) is 0 Å². The second-order valence-corrected chi connectivity index (χ2v) is 9.40. The summed E-state index contributed by atoms with van der Waals surface area (Å²) >= 11 is 0. The van der Waals surface area contributed by atoms with Crippen molar-refractivity contribution in [3.05, 3.63) is 0 Å². The first-order chi connectivity index (χ1) is 15.6. The van der Waals surface area contributed by atoms with Gasteiger partial charge in [0.2, 0.25) is 11.8 Å². The van der Waals surface area contributed by atoms with E-state index in [-0.39, 0.29) is 24.8 Å². The number of hydrogen-bond acceptors (Lipinski definition) is 7. The van der Waals surface area contributed by atoms with Crippen molar-refractivity contribution < 1.29 is 23.9 Å². The van der Waals surface area contributed by atoms with Crippen molar-refractivity contribution in [1.29, 1.82) is 5.41 Å². The molecule has 13 nitrogen and oxygen atoms in total. The van der Waals surface area contributed by atoms with Crippen molar-refractivity contribution in [2.24, 2.45) is 22.2 Å². The van der Waals surface area contributed by atoms with Gasteiger partial charge < -0.3 is 42.7 Å². The van der Waals surface area contributed by atoms with Crippen LogP contribution in [0.2, 0.25) is 0 Å². The summed E-state index contributed by atoms with van der Waals surface area (Å²) in [5.74, 6) is -1.30. The molecule has 0 saturated carbocycles. The van der Waals surface area contributed by atoms with Gasteiger partial charge in [0, 0.05) is 13.0 Å². The van der Waals surface area contributed by atoms with E-state index < -0.39 is 41.1 Å². The van der Waals surface area contributed by atoms with Crippen LogP contribution >= 0.6 is 0 Å². The second kappa shape index (κ2) is 14.0. The van der Waals surface area contributed by atoms with Gasteiger partial charge in [0.25, 0.3) is 0 Å². The molecule has 0 unspecified atom stereocenters. The zero-order valence-corrected chi connectivity index (χ0v) is 20.7. The van der Waals surface area contributed by atoms with Crippen molar-refractivity contribution in [3.8, 4) is 0 Å². The van der Waals surface area contributed by atoms with Crippen LogP contribution in [-0.4, -0.2) is 65.8 Å². The van der Waals surface area contributed by atoms with Gasteiger partial charge in [-0.3, -0.25) is 20.0 Å². The van der Waals surface area contributed by atoms with E-state index in [2.05, 4.69) is 20.9 Å². The summed E-state index contributed by atoms with van der Waals surface area (Å²) in [4.78, 5) is 53.1. The zero-order valence-electron chi connectivity index (χ0n) is 20.7. The third-order valence-corrected chi connectivity index (χ3v) is 4.40. The summed E-state index contributed by atoms with van der Waals surface area (Å²) in [5.41, 5.74) is 13.7. The predicted octanol–water partition coefficient (Wildman–Crippen LogP) is -0.382. The van der Waals surface area contributed by atoms with Crippen molar-refractivity contribution in [2.45, 2.75) is 89.9 Å². The molecule has 0 aliphatic carbocycles. The highest BCUT2D eigenvalue weighted by Crippen LogP contribution is 2.10. The number of aldehydes is 1. The van der Waals surface area contributed by atoms with Gasteiger partial charge >= 0.3 is 6.09 Å². The average Bonchev–Trinajstić information content (AvgIpc) is 2.66. The lowest BCUT2D eigenvalue weighted by Crippen LogP contribution is -2.60. The maximum Gasteiger partial charge on any atom is 0.408 e. The first-order valence-electron chi connectivity index (χ1n) is 11.0. The number of nitrogens with two attached hydrogens (primary N) is 3. The lowest BCUT2D eigenvalue weighted by molar-refractivity contribution is -0.134. The van der Waals surface area contributed by atoms with E-state index in [9.17, 15) is 19.2 Å².